The van der Waals surface area contributed by atoms with Crippen molar-refractivity contribution in [1.82, 2.24) is 19.5 Å². The Morgan fingerprint density at radius 3 is 3.10 bits per heavy atom. The van der Waals surface area contributed by atoms with E-state index in [1.54, 1.807) is 4.52 Å². The Morgan fingerprint density at radius 1 is 1.55 bits per heavy atom. The molecule has 1 amide bonds. The number of halogens is 1. The molecule has 0 unspecified atom stereocenters. The molecule has 106 valence electrons. The molecule has 0 bridgehead atoms. The highest BCUT2D eigenvalue weighted by Gasteiger charge is 2.27. The van der Waals surface area contributed by atoms with Crippen molar-refractivity contribution in [3.05, 3.63) is 22.6 Å². The Kier molecular flexibility index (Phi) is 3.25. The van der Waals surface area contributed by atoms with Crippen molar-refractivity contribution in [2.75, 3.05) is 18.8 Å². The number of nitrogens with two attached hydrogens (primary N) is 1. The van der Waals surface area contributed by atoms with E-state index in [2.05, 4.69) is 26.0 Å². The number of likely N-dealkylation sites (tertiary alicyclic amines) is 1. The van der Waals surface area contributed by atoms with Crippen LogP contribution in [0.25, 0.3) is 5.52 Å². The minimum absolute atomic E-state index is 0.118. The second-order valence-electron chi connectivity index (χ2n) is 4.89. The van der Waals surface area contributed by atoms with Gasteiger partial charge in [0, 0.05) is 29.2 Å². The summed E-state index contributed by atoms with van der Waals surface area (Å²) < 4.78 is 2.58. The molecule has 1 saturated heterocycles. The van der Waals surface area contributed by atoms with Gasteiger partial charge in [-0.1, -0.05) is 0 Å². The van der Waals surface area contributed by atoms with Crippen LogP contribution in [0.4, 0.5) is 10.6 Å². The summed E-state index contributed by atoms with van der Waals surface area (Å²) in [4.78, 5) is 16.5. The number of amides is 1. The van der Waals surface area contributed by atoms with E-state index in [4.69, 9.17) is 10.8 Å². The third-order valence-electron chi connectivity index (χ3n) is 3.67. The van der Waals surface area contributed by atoms with E-state index >= 15 is 0 Å². The normalized spacial score (nSPS) is 19.4. The maximum atomic E-state index is 11.1. The van der Waals surface area contributed by atoms with Crippen LogP contribution in [-0.2, 0) is 0 Å². The van der Waals surface area contributed by atoms with Gasteiger partial charge in [-0.15, -0.1) is 0 Å². The zero-order chi connectivity index (χ0) is 14.3. The number of piperidine rings is 1. The highest BCUT2D eigenvalue weighted by atomic mass is 79.9. The van der Waals surface area contributed by atoms with E-state index in [0.717, 1.165) is 28.5 Å². The van der Waals surface area contributed by atoms with Crippen molar-refractivity contribution in [2.45, 2.75) is 18.8 Å². The number of carboxylic acid groups (broad SMARTS) is 1. The topological polar surface area (TPSA) is 96.8 Å². The first-order valence-corrected chi connectivity index (χ1v) is 7.12. The average molecular weight is 340 g/mol. The van der Waals surface area contributed by atoms with Gasteiger partial charge in [0.2, 0.25) is 0 Å². The van der Waals surface area contributed by atoms with Crippen molar-refractivity contribution in [1.29, 1.82) is 0 Å². The maximum Gasteiger partial charge on any atom is 0.407 e. The summed E-state index contributed by atoms with van der Waals surface area (Å²) in [7, 11) is 0. The van der Waals surface area contributed by atoms with Crippen LogP contribution in [0.1, 0.15) is 24.5 Å². The summed E-state index contributed by atoms with van der Waals surface area (Å²) in [6.45, 7) is 1.07. The average Bonchev–Trinajstić information content (AvgIpc) is 2.78. The highest BCUT2D eigenvalue weighted by molar-refractivity contribution is 9.10. The van der Waals surface area contributed by atoms with Crippen LogP contribution in [0, 0.1) is 0 Å². The molecule has 2 aromatic heterocycles. The summed E-state index contributed by atoms with van der Waals surface area (Å²) in [5.41, 5.74) is 7.57. The fourth-order valence-corrected chi connectivity index (χ4v) is 3.33. The van der Waals surface area contributed by atoms with Crippen LogP contribution in [0.3, 0.4) is 0 Å². The molecular formula is C12H14BrN5O2. The van der Waals surface area contributed by atoms with Gasteiger partial charge in [0.1, 0.15) is 11.8 Å². The van der Waals surface area contributed by atoms with Crippen molar-refractivity contribution in [3.63, 3.8) is 0 Å². The third-order valence-corrected chi connectivity index (χ3v) is 4.28. The van der Waals surface area contributed by atoms with Crippen LogP contribution < -0.4 is 5.73 Å². The lowest BCUT2D eigenvalue weighted by atomic mass is 9.95. The lowest BCUT2D eigenvalue weighted by molar-refractivity contribution is 0.130. The predicted octanol–water partition coefficient (Wildman–Crippen LogP) is 1.93. The monoisotopic (exact) mass is 339 g/mol. The van der Waals surface area contributed by atoms with Crippen LogP contribution in [-0.4, -0.2) is 43.8 Å². The summed E-state index contributed by atoms with van der Waals surface area (Å²) in [5, 5.41) is 13.4. The van der Waals surface area contributed by atoms with E-state index in [-0.39, 0.29) is 5.92 Å². The molecule has 0 radical (unpaired) electrons. The quantitative estimate of drug-likeness (QED) is 0.827. The number of hydrogen-bond acceptors (Lipinski definition) is 4. The minimum Gasteiger partial charge on any atom is -0.465 e. The number of rotatable bonds is 1. The van der Waals surface area contributed by atoms with E-state index in [1.165, 1.54) is 11.2 Å². The molecular weight excluding hydrogens is 326 g/mol. The molecule has 0 aliphatic carbocycles. The predicted molar refractivity (Wildman–Crippen MR) is 76.7 cm³/mol. The summed E-state index contributed by atoms with van der Waals surface area (Å²) in [5.74, 6) is 0.525. The molecule has 1 atom stereocenters. The molecule has 20 heavy (non-hydrogen) atoms. The molecule has 7 nitrogen and oxygen atoms in total. The lowest BCUT2D eigenvalue weighted by Gasteiger charge is -2.30. The lowest BCUT2D eigenvalue weighted by Crippen LogP contribution is -2.38. The fraction of sp³-hybridized carbons (Fsp3) is 0.417. The molecule has 8 heteroatoms. The molecule has 0 spiro atoms. The zero-order valence-electron chi connectivity index (χ0n) is 10.7. The smallest absolute Gasteiger partial charge is 0.407 e. The van der Waals surface area contributed by atoms with Gasteiger partial charge in [-0.25, -0.2) is 14.3 Å². The van der Waals surface area contributed by atoms with E-state index in [0.29, 0.717) is 18.9 Å². The third kappa shape index (κ3) is 2.09. The SMILES string of the molecule is Nc1ncnn2c([C@@H]3CCCN(C(=O)O)C3)cc(Br)c12. The van der Waals surface area contributed by atoms with E-state index in [1.807, 2.05) is 6.07 Å². The van der Waals surface area contributed by atoms with Crippen LogP contribution in [0.15, 0.2) is 16.9 Å². The maximum absolute atomic E-state index is 11.1. The van der Waals surface area contributed by atoms with Crippen LogP contribution in [0.5, 0.6) is 0 Å². The zero-order valence-corrected chi connectivity index (χ0v) is 12.2. The van der Waals surface area contributed by atoms with Crippen LogP contribution >= 0.6 is 15.9 Å². The Hall–Kier alpha value is -1.83. The van der Waals surface area contributed by atoms with Crippen molar-refractivity contribution in [3.8, 4) is 0 Å². The standard InChI is InChI=1S/C12H14BrN5O2/c13-8-4-9(18-10(8)11(14)15-6-16-18)7-2-1-3-17(5-7)12(19)20/h4,6-7H,1-3,5H2,(H,19,20)(H2,14,15,16)/t7-/m1/s1. The molecule has 2 aromatic rings. The number of nitrogens with zero attached hydrogens (tertiary/aromatic N) is 4. The molecule has 1 aliphatic rings. The second kappa shape index (κ2) is 4.93. The van der Waals surface area contributed by atoms with Crippen molar-refractivity contribution >= 4 is 33.4 Å². The highest BCUT2D eigenvalue weighted by Crippen LogP contribution is 2.33. The molecule has 1 aliphatic heterocycles. The molecule has 3 rings (SSSR count). The van der Waals surface area contributed by atoms with Crippen molar-refractivity contribution < 1.29 is 9.90 Å². The van der Waals surface area contributed by atoms with Gasteiger partial charge in [0.05, 0.1) is 0 Å². The summed E-state index contributed by atoms with van der Waals surface area (Å²) in [6, 6.07) is 1.95. The first kappa shape index (κ1) is 13.2. The van der Waals surface area contributed by atoms with Gasteiger partial charge in [-0.05, 0) is 34.8 Å². The number of aromatic nitrogens is 3. The first-order chi connectivity index (χ1) is 9.58. The molecule has 1 fully saturated rings. The number of hydrogen-bond donors (Lipinski definition) is 2. The fourth-order valence-electron chi connectivity index (χ4n) is 2.73. The largest absolute Gasteiger partial charge is 0.465 e. The van der Waals surface area contributed by atoms with Gasteiger partial charge in [0.15, 0.2) is 5.82 Å². The van der Waals surface area contributed by atoms with Gasteiger partial charge < -0.3 is 15.7 Å². The Bertz CT molecular complexity index is 671. The van der Waals surface area contributed by atoms with Gasteiger partial charge in [0.25, 0.3) is 0 Å². The Labute approximate surface area is 123 Å². The van der Waals surface area contributed by atoms with E-state index in [9.17, 15) is 4.79 Å². The Balaban J connectivity index is 2.02. The number of nitrogen functional groups attached to an aromatic ring is 1. The first-order valence-electron chi connectivity index (χ1n) is 6.33. The van der Waals surface area contributed by atoms with Gasteiger partial charge in [-0.2, -0.15) is 5.10 Å². The number of fused-ring (bicyclic) bond motifs is 1. The molecule has 0 aromatic carbocycles. The minimum atomic E-state index is -0.872. The number of anilines is 1. The summed E-state index contributed by atoms with van der Waals surface area (Å²) >= 11 is 3.47. The van der Waals surface area contributed by atoms with E-state index < -0.39 is 6.09 Å². The van der Waals surface area contributed by atoms with Crippen molar-refractivity contribution in [2.24, 2.45) is 0 Å². The Morgan fingerprint density at radius 2 is 2.35 bits per heavy atom. The van der Waals surface area contributed by atoms with Gasteiger partial charge >= 0.3 is 6.09 Å². The number of carbonyl (C=O) groups is 1. The molecule has 3 heterocycles. The molecule has 3 N–H and O–H groups in total. The van der Waals surface area contributed by atoms with Crippen LogP contribution in [0.2, 0.25) is 0 Å². The molecule has 0 saturated carbocycles. The summed E-state index contributed by atoms with van der Waals surface area (Å²) in [6.07, 6.45) is 2.33. The second-order valence-corrected chi connectivity index (χ2v) is 5.74. The van der Waals surface area contributed by atoms with Gasteiger partial charge in [-0.3, -0.25) is 0 Å².